The zero-order chi connectivity index (χ0) is 21.8. The molecular weight excluding hydrogens is 418 g/mol. The molecule has 0 amide bonds. The number of nitrogens with zero attached hydrogens (tertiary/aromatic N) is 6. The molecule has 0 saturated carbocycles. The number of aromatic nitrogens is 4. The molecule has 0 radical (unpaired) electrons. The van der Waals surface area contributed by atoms with E-state index in [1.165, 1.54) is 19.3 Å². The Morgan fingerprint density at radius 2 is 1.88 bits per heavy atom. The summed E-state index contributed by atoms with van der Waals surface area (Å²) < 4.78 is 1.93. The Labute approximate surface area is 191 Å². The van der Waals surface area contributed by atoms with Crippen LogP contribution in [-0.2, 0) is 0 Å². The largest absolute Gasteiger partial charge is 0.355 e. The number of piperidine rings is 1. The summed E-state index contributed by atoms with van der Waals surface area (Å²) in [5.41, 5.74) is 3.82. The zero-order valence-electron chi connectivity index (χ0n) is 18.0. The van der Waals surface area contributed by atoms with E-state index in [4.69, 9.17) is 15.1 Å². The van der Waals surface area contributed by atoms with Crippen molar-refractivity contribution < 1.29 is 0 Å². The Morgan fingerprint density at radius 3 is 2.62 bits per heavy atom. The molecular formula is C24H25N7S. The van der Waals surface area contributed by atoms with Gasteiger partial charge in [0.05, 0.1) is 17.6 Å². The number of amidine groups is 1. The summed E-state index contributed by atoms with van der Waals surface area (Å²) in [6, 6.07) is 16.0. The van der Waals surface area contributed by atoms with Crippen molar-refractivity contribution in [2.75, 3.05) is 29.6 Å². The van der Waals surface area contributed by atoms with Crippen molar-refractivity contribution in [1.82, 2.24) is 19.6 Å². The molecule has 5 rings (SSSR count). The van der Waals surface area contributed by atoms with Crippen molar-refractivity contribution in [1.29, 1.82) is 0 Å². The van der Waals surface area contributed by atoms with E-state index >= 15 is 0 Å². The van der Waals surface area contributed by atoms with E-state index in [-0.39, 0.29) is 0 Å². The summed E-state index contributed by atoms with van der Waals surface area (Å²) in [5.74, 6) is 1.75. The van der Waals surface area contributed by atoms with Crippen molar-refractivity contribution in [2.24, 2.45) is 4.99 Å². The number of nitrogens with one attached hydrogen (secondary N) is 1. The minimum absolute atomic E-state index is 0.725. The second-order valence-corrected chi connectivity index (χ2v) is 8.47. The number of aliphatic imine (C=N–C) groups is 1. The summed E-state index contributed by atoms with van der Waals surface area (Å²) in [7, 11) is 0. The van der Waals surface area contributed by atoms with Crippen LogP contribution in [0.15, 0.2) is 72.1 Å². The van der Waals surface area contributed by atoms with Crippen LogP contribution in [0, 0.1) is 0 Å². The second-order valence-electron chi connectivity index (χ2n) is 7.68. The summed E-state index contributed by atoms with van der Waals surface area (Å²) in [4.78, 5) is 16.2. The van der Waals surface area contributed by atoms with Crippen LogP contribution in [-0.4, -0.2) is 44.1 Å². The summed E-state index contributed by atoms with van der Waals surface area (Å²) >= 11 is 1.56. The minimum Gasteiger partial charge on any atom is -0.355 e. The predicted octanol–water partition coefficient (Wildman–Crippen LogP) is 5.24. The van der Waals surface area contributed by atoms with E-state index in [1.807, 2.05) is 59.4 Å². The first-order valence-electron chi connectivity index (χ1n) is 10.8. The maximum Gasteiger partial charge on any atom is 0.182 e. The van der Waals surface area contributed by atoms with Gasteiger partial charge < -0.3 is 10.2 Å². The fourth-order valence-electron chi connectivity index (χ4n) is 3.87. The molecule has 0 atom stereocenters. The van der Waals surface area contributed by atoms with Gasteiger partial charge >= 0.3 is 0 Å². The standard InChI is InChI=1S/C24H25N7S/c1-32-24(27-20-7-5-13-25-17-20)26-19-11-9-18(10-12-19)22-28-23(30-14-3-2-4-15-30)21-8-6-16-31(21)29-22/h5-13,16-17H,2-4,14-15H2,1H3,(H,26,27). The van der Waals surface area contributed by atoms with Crippen LogP contribution in [0.5, 0.6) is 0 Å². The third-order valence-corrected chi connectivity index (χ3v) is 6.07. The highest BCUT2D eigenvalue weighted by molar-refractivity contribution is 8.13. The summed E-state index contributed by atoms with van der Waals surface area (Å²) in [6.07, 6.45) is 11.2. The Bertz CT molecular complexity index is 1210. The van der Waals surface area contributed by atoms with Gasteiger partial charge in [0.2, 0.25) is 0 Å². The second kappa shape index (κ2) is 9.40. The van der Waals surface area contributed by atoms with E-state index in [1.54, 1.807) is 24.2 Å². The van der Waals surface area contributed by atoms with Crippen LogP contribution < -0.4 is 10.2 Å². The van der Waals surface area contributed by atoms with E-state index in [0.29, 0.717) is 0 Å². The lowest BCUT2D eigenvalue weighted by atomic mass is 10.1. The molecule has 162 valence electrons. The Kier molecular flexibility index (Phi) is 6.02. The lowest BCUT2D eigenvalue weighted by Crippen LogP contribution is -2.30. The van der Waals surface area contributed by atoms with Crippen molar-refractivity contribution in [3.05, 3.63) is 67.1 Å². The molecule has 4 heterocycles. The Hall–Kier alpha value is -3.39. The van der Waals surface area contributed by atoms with Crippen LogP contribution in [0.2, 0.25) is 0 Å². The monoisotopic (exact) mass is 443 g/mol. The number of anilines is 2. The van der Waals surface area contributed by atoms with Gasteiger partial charge in [-0.2, -0.15) is 0 Å². The van der Waals surface area contributed by atoms with Gasteiger partial charge in [-0.1, -0.05) is 11.8 Å². The lowest BCUT2D eigenvalue weighted by Gasteiger charge is -2.28. The van der Waals surface area contributed by atoms with Crippen molar-refractivity contribution >= 4 is 39.6 Å². The number of rotatable bonds is 4. The molecule has 0 aliphatic carbocycles. The molecule has 0 unspecified atom stereocenters. The van der Waals surface area contributed by atoms with E-state index in [0.717, 1.165) is 52.4 Å². The van der Waals surface area contributed by atoms with Crippen molar-refractivity contribution in [3.63, 3.8) is 0 Å². The summed E-state index contributed by atoms with van der Waals surface area (Å²) in [5, 5.41) is 8.85. The highest BCUT2D eigenvalue weighted by atomic mass is 32.2. The third-order valence-electron chi connectivity index (χ3n) is 5.49. The topological polar surface area (TPSA) is 70.7 Å². The van der Waals surface area contributed by atoms with Crippen molar-refractivity contribution in [2.45, 2.75) is 19.3 Å². The molecule has 1 aliphatic heterocycles. The minimum atomic E-state index is 0.725. The van der Waals surface area contributed by atoms with Crippen LogP contribution in [0.3, 0.4) is 0 Å². The molecule has 1 N–H and O–H groups in total. The van der Waals surface area contributed by atoms with Crippen LogP contribution in [0.1, 0.15) is 19.3 Å². The zero-order valence-corrected chi connectivity index (χ0v) is 18.8. The number of fused-ring (bicyclic) bond motifs is 1. The van der Waals surface area contributed by atoms with E-state index in [9.17, 15) is 0 Å². The molecule has 8 heteroatoms. The number of hydrogen-bond acceptors (Lipinski definition) is 6. The third kappa shape index (κ3) is 4.45. The van der Waals surface area contributed by atoms with E-state index in [2.05, 4.69) is 21.3 Å². The average Bonchev–Trinajstić information content (AvgIpc) is 3.33. The molecule has 7 nitrogen and oxygen atoms in total. The maximum atomic E-state index is 4.96. The maximum absolute atomic E-state index is 4.96. The first kappa shape index (κ1) is 20.5. The number of hydrogen-bond donors (Lipinski definition) is 1. The molecule has 1 saturated heterocycles. The number of benzene rings is 1. The number of thioether (sulfide) groups is 1. The van der Waals surface area contributed by atoms with Gasteiger partial charge in [0.25, 0.3) is 0 Å². The highest BCUT2D eigenvalue weighted by Crippen LogP contribution is 2.27. The molecule has 0 spiro atoms. The molecule has 4 aromatic rings. The van der Waals surface area contributed by atoms with Gasteiger partial charge in [-0.3, -0.25) is 4.98 Å². The van der Waals surface area contributed by atoms with Gasteiger partial charge in [0, 0.05) is 31.0 Å². The smallest absolute Gasteiger partial charge is 0.182 e. The lowest BCUT2D eigenvalue weighted by molar-refractivity contribution is 0.573. The van der Waals surface area contributed by atoms with Gasteiger partial charge in [-0.25, -0.2) is 14.5 Å². The highest BCUT2D eigenvalue weighted by Gasteiger charge is 2.18. The average molecular weight is 444 g/mol. The Morgan fingerprint density at radius 1 is 1.03 bits per heavy atom. The first-order chi connectivity index (χ1) is 15.8. The predicted molar refractivity (Wildman–Crippen MR) is 133 cm³/mol. The molecule has 1 fully saturated rings. The molecule has 1 aliphatic rings. The first-order valence-corrected chi connectivity index (χ1v) is 12.0. The fourth-order valence-corrected chi connectivity index (χ4v) is 4.28. The molecule has 1 aromatic carbocycles. The van der Waals surface area contributed by atoms with Crippen LogP contribution in [0.4, 0.5) is 17.2 Å². The van der Waals surface area contributed by atoms with Gasteiger partial charge in [0.1, 0.15) is 5.52 Å². The normalized spacial score (nSPS) is 14.7. The Balaban J connectivity index is 1.42. The van der Waals surface area contributed by atoms with Crippen LogP contribution in [0.25, 0.3) is 16.9 Å². The van der Waals surface area contributed by atoms with Gasteiger partial charge in [-0.15, -0.1) is 5.10 Å². The fraction of sp³-hybridized carbons (Fsp3) is 0.250. The quantitative estimate of drug-likeness (QED) is 0.343. The van der Waals surface area contributed by atoms with Crippen LogP contribution >= 0.6 is 11.8 Å². The molecule has 0 bridgehead atoms. The number of pyridine rings is 1. The summed E-state index contributed by atoms with van der Waals surface area (Å²) in [6.45, 7) is 2.10. The van der Waals surface area contributed by atoms with Gasteiger partial charge in [0.15, 0.2) is 16.8 Å². The molecule has 32 heavy (non-hydrogen) atoms. The van der Waals surface area contributed by atoms with Crippen molar-refractivity contribution in [3.8, 4) is 11.4 Å². The SMILES string of the molecule is CSC(=Nc1ccc(-c2nc(N3CCCCC3)c3cccn3n2)cc1)Nc1cccnc1. The van der Waals surface area contributed by atoms with E-state index < -0.39 is 0 Å². The molecule has 3 aromatic heterocycles. The van der Waals surface area contributed by atoms with Gasteiger partial charge in [-0.05, 0) is 74.0 Å².